The topological polar surface area (TPSA) is 29.5 Å². The van der Waals surface area contributed by atoms with Gasteiger partial charge in [-0.05, 0) is 39.3 Å². The summed E-state index contributed by atoms with van der Waals surface area (Å²) in [4.78, 5) is 0. The molecule has 1 N–H and O–H groups in total. The van der Waals surface area contributed by atoms with Crippen LogP contribution < -0.4 is 4.74 Å². The fourth-order valence-electron chi connectivity index (χ4n) is 1.64. The number of hydrogen-bond acceptors (Lipinski definition) is 2. The first-order valence-corrected chi connectivity index (χ1v) is 5.75. The molecule has 0 aromatic heterocycles. The van der Waals surface area contributed by atoms with E-state index < -0.39 is 0 Å². The summed E-state index contributed by atoms with van der Waals surface area (Å²) in [7, 11) is 1.62. The van der Waals surface area contributed by atoms with Gasteiger partial charge in [0.2, 0.25) is 0 Å². The Labute approximate surface area is 103 Å². The molecule has 0 aliphatic heterocycles. The van der Waals surface area contributed by atoms with Gasteiger partial charge in [0.15, 0.2) is 0 Å². The van der Waals surface area contributed by atoms with Crippen LogP contribution in [0.15, 0.2) is 29.9 Å². The molecule has 0 atom stereocenters. The van der Waals surface area contributed by atoms with Gasteiger partial charge in [0.1, 0.15) is 11.5 Å². The molecule has 0 radical (unpaired) electrons. The number of phenolic OH excluding ortho intramolecular Hbond substituents is 1. The van der Waals surface area contributed by atoms with Gasteiger partial charge in [0, 0.05) is 11.1 Å². The minimum atomic E-state index is 0.306. The minimum absolute atomic E-state index is 0.306. The zero-order valence-electron chi connectivity index (χ0n) is 10.9. The van der Waals surface area contributed by atoms with Gasteiger partial charge in [-0.15, -0.1) is 0 Å². The van der Waals surface area contributed by atoms with Crippen LogP contribution in [0.3, 0.4) is 0 Å². The highest BCUT2D eigenvalue weighted by Gasteiger charge is 2.10. The molecule has 2 nitrogen and oxygen atoms in total. The van der Waals surface area contributed by atoms with E-state index in [1.165, 1.54) is 5.57 Å². The number of ether oxygens (including phenoxy) is 1. The lowest BCUT2D eigenvalue weighted by Gasteiger charge is -2.11. The van der Waals surface area contributed by atoms with E-state index in [0.717, 1.165) is 16.9 Å². The van der Waals surface area contributed by atoms with Crippen molar-refractivity contribution in [3.05, 3.63) is 41.0 Å². The number of phenols is 1. The molecule has 0 heterocycles. The molecular formula is C15H20O2. The van der Waals surface area contributed by atoms with E-state index in [9.17, 15) is 5.11 Å². The standard InChI is InChI=1S/C15H20O2/c1-5-6-12-8-10-14(17-4)13(15(12)16)9-7-11(2)3/h5-8,10,16H,9H2,1-4H3/b6-5+. The van der Waals surface area contributed by atoms with E-state index in [1.807, 2.05) is 45.1 Å². The molecule has 2 heteroatoms. The Hall–Kier alpha value is -1.70. The van der Waals surface area contributed by atoms with E-state index in [-0.39, 0.29) is 0 Å². The number of allylic oxidation sites excluding steroid dienone is 3. The summed E-state index contributed by atoms with van der Waals surface area (Å²) in [5.74, 6) is 1.04. The smallest absolute Gasteiger partial charge is 0.129 e. The Morgan fingerprint density at radius 3 is 2.59 bits per heavy atom. The number of methoxy groups -OCH3 is 1. The molecule has 0 aliphatic rings. The molecule has 17 heavy (non-hydrogen) atoms. The fourth-order valence-corrected chi connectivity index (χ4v) is 1.64. The number of hydrogen-bond donors (Lipinski definition) is 1. The van der Waals surface area contributed by atoms with Gasteiger partial charge in [-0.25, -0.2) is 0 Å². The summed E-state index contributed by atoms with van der Waals surface area (Å²) in [5, 5.41) is 10.2. The van der Waals surface area contributed by atoms with Gasteiger partial charge in [0.05, 0.1) is 7.11 Å². The van der Waals surface area contributed by atoms with E-state index in [0.29, 0.717) is 12.2 Å². The summed E-state index contributed by atoms with van der Waals surface area (Å²) in [6.07, 6.45) is 6.56. The molecule has 0 spiro atoms. The Morgan fingerprint density at radius 1 is 1.35 bits per heavy atom. The van der Waals surface area contributed by atoms with Gasteiger partial charge in [-0.2, -0.15) is 0 Å². The quantitative estimate of drug-likeness (QED) is 0.797. The van der Waals surface area contributed by atoms with Crippen LogP contribution in [0.25, 0.3) is 6.08 Å². The first kappa shape index (κ1) is 13.4. The summed E-state index contributed by atoms with van der Waals surface area (Å²) in [6, 6.07) is 3.75. The lowest BCUT2D eigenvalue weighted by atomic mass is 10.0. The Bertz CT molecular complexity index is 438. The van der Waals surface area contributed by atoms with Crippen molar-refractivity contribution in [2.75, 3.05) is 7.11 Å². The molecule has 92 valence electrons. The van der Waals surface area contributed by atoms with Crippen LogP contribution in [-0.2, 0) is 6.42 Å². The molecule has 1 aromatic carbocycles. The average Bonchev–Trinajstić information content (AvgIpc) is 2.30. The maximum Gasteiger partial charge on any atom is 0.129 e. The summed E-state index contributed by atoms with van der Waals surface area (Å²) in [5.41, 5.74) is 2.89. The van der Waals surface area contributed by atoms with Crippen LogP contribution in [0.4, 0.5) is 0 Å². The first-order chi connectivity index (χ1) is 8.10. The third-order valence-electron chi connectivity index (χ3n) is 2.55. The van der Waals surface area contributed by atoms with Crippen molar-refractivity contribution in [3.8, 4) is 11.5 Å². The number of rotatable bonds is 4. The maximum atomic E-state index is 10.2. The molecule has 0 unspecified atom stereocenters. The van der Waals surface area contributed by atoms with Crippen LogP contribution >= 0.6 is 0 Å². The number of aromatic hydroxyl groups is 1. The first-order valence-electron chi connectivity index (χ1n) is 5.75. The normalized spacial score (nSPS) is 10.6. The van der Waals surface area contributed by atoms with Crippen molar-refractivity contribution in [1.29, 1.82) is 0 Å². The van der Waals surface area contributed by atoms with Crippen molar-refractivity contribution in [1.82, 2.24) is 0 Å². The van der Waals surface area contributed by atoms with Crippen molar-refractivity contribution in [3.63, 3.8) is 0 Å². The zero-order valence-corrected chi connectivity index (χ0v) is 10.9. The van der Waals surface area contributed by atoms with Gasteiger partial charge in [-0.3, -0.25) is 0 Å². The van der Waals surface area contributed by atoms with E-state index in [1.54, 1.807) is 7.11 Å². The van der Waals surface area contributed by atoms with Crippen LogP contribution in [0.2, 0.25) is 0 Å². The van der Waals surface area contributed by atoms with E-state index in [2.05, 4.69) is 6.08 Å². The largest absolute Gasteiger partial charge is 0.507 e. The second-order valence-electron chi connectivity index (χ2n) is 4.17. The molecule has 1 rings (SSSR count). The third kappa shape index (κ3) is 3.38. The highest BCUT2D eigenvalue weighted by molar-refractivity contribution is 5.62. The summed E-state index contributed by atoms with van der Waals surface area (Å²) >= 11 is 0. The molecule has 0 saturated carbocycles. The third-order valence-corrected chi connectivity index (χ3v) is 2.55. The van der Waals surface area contributed by atoms with Crippen LogP contribution in [0.1, 0.15) is 31.9 Å². The zero-order chi connectivity index (χ0) is 12.8. The predicted octanol–water partition coefficient (Wildman–Crippen LogP) is 3.94. The Morgan fingerprint density at radius 2 is 2.06 bits per heavy atom. The Kier molecular flexibility index (Phi) is 4.83. The van der Waals surface area contributed by atoms with E-state index in [4.69, 9.17) is 4.74 Å². The SMILES string of the molecule is C/C=C/c1ccc(OC)c(CC=C(C)C)c1O. The molecular weight excluding hydrogens is 212 g/mol. The maximum absolute atomic E-state index is 10.2. The predicted molar refractivity (Wildman–Crippen MR) is 72.5 cm³/mol. The van der Waals surface area contributed by atoms with Crippen molar-refractivity contribution in [2.45, 2.75) is 27.2 Å². The van der Waals surface area contributed by atoms with Crippen molar-refractivity contribution < 1.29 is 9.84 Å². The second-order valence-corrected chi connectivity index (χ2v) is 4.17. The molecule has 0 aliphatic carbocycles. The molecule has 0 bridgehead atoms. The van der Waals surface area contributed by atoms with Crippen LogP contribution in [0.5, 0.6) is 11.5 Å². The van der Waals surface area contributed by atoms with Crippen molar-refractivity contribution in [2.24, 2.45) is 0 Å². The monoisotopic (exact) mass is 232 g/mol. The van der Waals surface area contributed by atoms with Gasteiger partial charge in [-0.1, -0.05) is 23.8 Å². The highest BCUT2D eigenvalue weighted by Crippen LogP contribution is 2.32. The molecule has 0 fully saturated rings. The average molecular weight is 232 g/mol. The lowest BCUT2D eigenvalue weighted by Crippen LogP contribution is -1.93. The van der Waals surface area contributed by atoms with Gasteiger partial charge >= 0.3 is 0 Å². The fraction of sp³-hybridized carbons (Fsp3) is 0.333. The molecule has 0 saturated heterocycles. The lowest BCUT2D eigenvalue weighted by molar-refractivity contribution is 0.401. The summed E-state index contributed by atoms with van der Waals surface area (Å²) in [6.45, 7) is 6.01. The highest BCUT2D eigenvalue weighted by atomic mass is 16.5. The second kappa shape index (κ2) is 6.14. The van der Waals surface area contributed by atoms with E-state index >= 15 is 0 Å². The van der Waals surface area contributed by atoms with Gasteiger partial charge in [0.25, 0.3) is 0 Å². The minimum Gasteiger partial charge on any atom is -0.507 e. The van der Waals surface area contributed by atoms with Crippen molar-refractivity contribution >= 4 is 6.08 Å². The number of benzene rings is 1. The molecule has 0 amide bonds. The van der Waals surface area contributed by atoms with Crippen LogP contribution in [-0.4, -0.2) is 12.2 Å². The van der Waals surface area contributed by atoms with Crippen LogP contribution in [0, 0.1) is 0 Å². The Balaban J connectivity index is 3.22. The molecule has 1 aromatic rings. The van der Waals surface area contributed by atoms with Gasteiger partial charge < -0.3 is 9.84 Å². The summed E-state index contributed by atoms with van der Waals surface area (Å²) < 4.78 is 5.28.